The summed E-state index contributed by atoms with van der Waals surface area (Å²) in [6, 6.07) is 21.3. The maximum atomic E-state index is 12.8. The van der Waals surface area contributed by atoms with Crippen molar-refractivity contribution in [2.24, 2.45) is 5.92 Å². The molecule has 7 nitrogen and oxygen atoms in total. The second-order valence-electron chi connectivity index (χ2n) is 10.3. The zero-order valence-electron chi connectivity index (χ0n) is 21.6. The van der Waals surface area contributed by atoms with Crippen LogP contribution < -0.4 is 0 Å². The van der Waals surface area contributed by atoms with E-state index in [4.69, 9.17) is 4.74 Å². The van der Waals surface area contributed by atoms with E-state index in [0.717, 1.165) is 33.7 Å². The summed E-state index contributed by atoms with van der Waals surface area (Å²) in [6.07, 6.45) is 5.91. The first-order chi connectivity index (χ1) is 18.5. The van der Waals surface area contributed by atoms with Crippen LogP contribution in [0.4, 0.5) is 0 Å². The predicted molar refractivity (Wildman–Crippen MR) is 149 cm³/mol. The number of aromatic nitrogens is 4. The van der Waals surface area contributed by atoms with Crippen molar-refractivity contribution in [3.63, 3.8) is 0 Å². The molecule has 0 unspecified atom stereocenters. The maximum absolute atomic E-state index is 12.8. The first kappa shape index (κ1) is 24.1. The van der Waals surface area contributed by atoms with Crippen LogP contribution in [0.1, 0.15) is 32.1 Å². The van der Waals surface area contributed by atoms with Gasteiger partial charge in [-0.1, -0.05) is 62.4 Å². The number of carbonyl (C=O) groups is 1. The van der Waals surface area contributed by atoms with Crippen molar-refractivity contribution in [3.8, 4) is 33.6 Å². The fraction of sp³-hybridized carbons (Fsp3) is 0.258. The number of imidazole rings is 2. The van der Waals surface area contributed by atoms with Gasteiger partial charge in [-0.3, -0.25) is 4.79 Å². The Hall–Kier alpha value is -4.23. The lowest BCUT2D eigenvalue weighted by atomic mass is 9.98. The molecule has 5 aromatic rings. The summed E-state index contributed by atoms with van der Waals surface area (Å²) in [5.74, 6) is 1.24. The quantitative estimate of drug-likeness (QED) is 0.286. The number of hydrogen-bond donors (Lipinski definition) is 2. The Balaban J connectivity index is 1.23. The zero-order valence-corrected chi connectivity index (χ0v) is 21.6. The normalized spacial score (nSPS) is 15.9. The maximum Gasteiger partial charge on any atom is 0.223 e. The molecule has 0 radical (unpaired) electrons. The van der Waals surface area contributed by atoms with Crippen LogP contribution in [-0.2, 0) is 9.53 Å². The fourth-order valence-electron chi connectivity index (χ4n) is 5.10. The van der Waals surface area contributed by atoms with Gasteiger partial charge in [0.05, 0.1) is 43.3 Å². The van der Waals surface area contributed by atoms with Gasteiger partial charge in [0.2, 0.25) is 5.91 Å². The van der Waals surface area contributed by atoms with Crippen molar-refractivity contribution in [1.82, 2.24) is 24.8 Å². The molecular formula is C31H31N5O2. The predicted octanol–water partition coefficient (Wildman–Crippen LogP) is 6.23. The largest absolute Gasteiger partial charge is 0.377 e. The van der Waals surface area contributed by atoms with Crippen molar-refractivity contribution < 1.29 is 9.53 Å². The Labute approximate surface area is 221 Å². The standard InChI is InChI=1S/C31H31N5O2/c1-20(2)13-30(37)36-11-12-38-18-29(36)31-33-17-28(35-31)26-10-9-24-14-23(7-8-25(24)15-26)21-3-5-22(6-4-21)27-16-32-19-34-27/h3-10,14-17,19-20,29H,11-13,18H2,1-2H3,(H,32,34)(H,33,35)/t29-/m0/s1. The van der Waals surface area contributed by atoms with E-state index in [1.807, 2.05) is 17.3 Å². The fourth-order valence-corrected chi connectivity index (χ4v) is 5.10. The van der Waals surface area contributed by atoms with Gasteiger partial charge in [0.15, 0.2) is 0 Å². The molecule has 0 saturated carbocycles. The molecular weight excluding hydrogens is 474 g/mol. The molecule has 38 heavy (non-hydrogen) atoms. The van der Waals surface area contributed by atoms with Gasteiger partial charge in [0.25, 0.3) is 0 Å². The zero-order chi connectivity index (χ0) is 26.1. The summed E-state index contributed by atoms with van der Waals surface area (Å²) >= 11 is 0. The SMILES string of the molecule is CC(C)CC(=O)N1CCOC[C@H]1c1ncc(-c2ccc3cc(-c4ccc(-c5cnc[nH]5)cc4)ccc3c2)[nH]1. The third kappa shape index (κ3) is 4.85. The molecule has 0 aliphatic carbocycles. The van der Waals surface area contributed by atoms with Gasteiger partial charge in [0.1, 0.15) is 11.9 Å². The lowest BCUT2D eigenvalue weighted by molar-refractivity contribution is -0.141. The molecule has 192 valence electrons. The average molecular weight is 506 g/mol. The summed E-state index contributed by atoms with van der Waals surface area (Å²) in [6.45, 7) is 5.75. The minimum Gasteiger partial charge on any atom is -0.377 e. The summed E-state index contributed by atoms with van der Waals surface area (Å²) in [7, 11) is 0. The number of nitrogens with one attached hydrogen (secondary N) is 2. The second-order valence-corrected chi connectivity index (χ2v) is 10.3. The second kappa shape index (κ2) is 10.3. The third-order valence-electron chi connectivity index (χ3n) is 7.12. The van der Waals surface area contributed by atoms with E-state index in [0.29, 0.717) is 32.1 Å². The summed E-state index contributed by atoms with van der Waals surface area (Å²) < 4.78 is 5.71. The molecule has 2 aromatic heterocycles. The Morgan fingerprint density at radius 1 is 0.947 bits per heavy atom. The van der Waals surface area contributed by atoms with Crippen LogP contribution >= 0.6 is 0 Å². The van der Waals surface area contributed by atoms with E-state index in [-0.39, 0.29) is 11.9 Å². The van der Waals surface area contributed by atoms with Gasteiger partial charge < -0.3 is 19.6 Å². The molecule has 1 aliphatic rings. The molecule has 3 heterocycles. The molecule has 3 aromatic carbocycles. The first-order valence-electron chi connectivity index (χ1n) is 13.1. The van der Waals surface area contributed by atoms with Gasteiger partial charge in [-0.25, -0.2) is 9.97 Å². The Morgan fingerprint density at radius 3 is 2.39 bits per heavy atom. The molecule has 2 N–H and O–H groups in total. The number of H-pyrrole nitrogens is 2. The van der Waals surface area contributed by atoms with Crippen LogP contribution in [0.25, 0.3) is 44.4 Å². The van der Waals surface area contributed by atoms with Crippen LogP contribution in [0.3, 0.4) is 0 Å². The minimum atomic E-state index is -0.189. The molecule has 7 heteroatoms. The highest BCUT2D eigenvalue weighted by atomic mass is 16.5. The van der Waals surface area contributed by atoms with Crippen molar-refractivity contribution in [3.05, 3.63) is 85.2 Å². The number of rotatable bonds is 6. The Kier molecular flexibility index (Phi) is 6.52. The van der Waals surface area contributed by atoms with Gasteiger partial charge >= 0.3 is 0 Å². The van der Waals surface area contributed by atoms with Crippen LogP contribution in [0.5, 0.6) is 0 Å². The van der Waals surface area contributed by atoms with Crippen molar-refractivity contribution in [2.45, 2.75) is 26.3 Å². The van der Waals surface area contributed by atoms with Crippen LogP contribution in [-0.4, -0.2) is 50.5 Å². The number of benzene rings is 3. The summed E-state index contributed by atoms with van der Waals surface area (Å²) in [5, 5.41) is 2.33. The number of fused-ring (bicyclic) bond motifs is 1. The lowest BCUT2D eigenvalue weighted by Crippen LogP contribution is -2.44. The van der Waals surface area contributed by atoms with E-state index < -0.39 is 0 Å². The summed E-state index contributed by atoms with van der Waals surface area (Å²) in [4.78, 5) is 30.1. The van der Waals surface area contributed by atoms with Gasteiger partial charge in [-0.15, -0.1) is 0 Å². The number of morpholine rings is 1. The smallest absolute Gasteiger partial charge is 0.223 e. The molecule has 1 fully saturated rings. The molecule has 1 atom stereocenters. The van der Waals surface area contributed by atoms with Crippen LogP contribution in [0, 0.1) is 5.92 Å². The van der Waals surface area contributed by atoms with Crippen molar-refractivity contribution in [1.29, 1.82) is 0 Å². The van der Waals surface area contributed by atoms with E-state index >= 15 is 0 Å². The monoisotopic (exact) mass is 505 g/mol. The highest BCUT2D eigenvalue weighted by Gasteiger charge is 2.30. The average Bonchev–Trinajstić information content (AvgIpc) is 3.65. The number of carbonyl (C=O) groups excluding carboxylic acids is 1. The number of ether oxygens (including phenoxy) is 1. The molecule has 0 bridgehead atoms. The topological polar surface area (TPSA) is 86.9 Å². The Morgan fingerprint density at radius 2 is 1.66 bits per heavy atom. The minimum absolute atomic E-state index is 0.156. The highest BCUT2D eigenvalue weighted by Crippen LogP contribution is 2.31. The Bertz CT molecular complexity index is 1550. The number of aromatic amines is 2. The number of amides is 1. The summed E-state index contributed by atoms with van der Waals surface area (Å²) in [5.41, 5.74) is 6.46. The number of nitrogens with zero attached hydrogens (tertiary/aromatic N) is 3. The lowest BCUT2D eigenvalue weighted by Gasteiger charge is -2.35. The number of hydrogen-bond acceptors (Lipinski definition) is 4. The molecule has 1 aliphatic heterocycles. The van der Waals surface area contributed by atoms with Crippen molar-refractivity contribution in [2.75, 3.05) is 19.8 Å². The van der Waals surface area contributed by atoms with Crippen molar-refractivity contribution >= 4 is 16.7 Å². The van der Waals surface area contributed by atoms with Gasteiger partial charge in [-0.2, -0.15) is 0 Å². The molecule has 1 amide bonds. The van der Waals surface area contributed by atoms with E-state index in [1.54, 1.807) is 6.33 Å². The van der Waals surface area contributed by atoms with Crippen LogP contribution in [0.15, 0.2) is 79.4 Å². The highest BCUT2D eigenvalue weighted by molar-refractivity contribution is 5.90. The molecule has 6 rings (SSSR count). The third-order valence-corrected chi connectivity index (χ3v) is 7.12. The van der Waals surface area contributed by atoms with Crippen LogP contribution in [0.2, 0.25) is 0 Å². The molecule has 1 saturated heterocycles. The van der Waals surface area contributed by atoms with E-state index in [2.05, 4.69) is 94.4 Å². The first-order valence-corrected chi connectivity index (χ1v) is 13.1. The van der Waals surface area contributed by atoms with E-state index in [1.165, 1.54) is 16.5 Å². The molecule has 0 spiro atoms. The van der Waals surface area contributed by atoms with Gasteiger partial charge in [-0.05, 0) is 45.5 Å². The van der Waals surface area contributed by atoms with E-state index in [9.17, 15) is 4.79 Å². The van der Waals surface area contributed by atoms with Gasteiger partial charge in [0, 0.05) is 18.5 Å².